The van der Waals surface area contributed by atoms with Crippen molar-refractivity contribution in [2.24, 2.45) is 0 Å². The molecule has 0 spiro atoms. The number of carboxylic acid groups (broad SMARTS) is 1. The van der Waals surface area contributed by atoms with Gasteiger partial charge in [-0.3, -0.25) is 14.4 Å². The van der Waals surface area contributed by atoms with Gasteiger partial charge in [-0.25, -0.2) is 9.69 Å². The van der Waals surface area contributed by atoms with Crippen LogP contribution in [0.5, 0.6) is 0 Å². The highest BCUT2D eigenvalue weighted by molar-refractivity contribution is 8.15. The Balaban J connectivity index is 1.76. The number of carbonyl (C=O) groups excluding carboxylic acids is 3. The molecule has 3 rings (SSSR count). The van der Waals surface area contributed by atoms with Crippen LogP contribution in [0.1, 0.15) is 16.8 Å². The first kappa shape index (κ1) is 18.7. The lowest BCUT2D eigenvalue weighted by molar-refractivity contribution is -0.122. The Kier molecular flexibility index (Phi) is 5.27. The highest BCUT2D eigenvalue weighted by atomic mass is 32.2. The second-order valence-corrected chi connectivity index (χ2v) is 7.01. The van der Waals surface area contributed by atoms with Gasteiger partial charge in [0.15, 0.2) is 0 Å². The van der Waals surface area contributed by atoms with Crippen molar-refractivity contribution in [3.05, 3.63) is 60.2 Å². The van der Waals surface area contributed by atoms with Crippen LogP contribution in [-0.2, 0) is 9.59 Å². The zero-order valence-corrected chi connectivity index (χ0v) is 15.2. The van der Waals surface area contributed by atoms with Crippen molar-refractivity contribution in [3.63, 3.8) is 0 Å². The van der Waals surface area contributed by atoms with E-state index in [1.54, 1.807) is 42.5 Å². The molecule has 1 aliphatic rings. The first-order chi connectivity index (χ1) is 12.9. The summed E-state index contributed by atoms with van der Waals surface area (Å²) in [5.74, 6) is -2.05. The predicted molar refractivity (Wildman–Crippen MR) is 102 cm³/mol. The molecule has 138 valence electrons. The fourth-order valence-corrected chi connectivity index (χ4v) is 3.75. The molecule has 2 aromatic carbocycles. The minimum absolute atomic E-state index is 0.0132. The number of benzene rings is 2. The zero-order valence-electron chi connectivity index (χ0n) is 14.4. The third-order valence-corrected chi connectivity index (χ3v) is 5.20. The Morgan fingerprint density at radius 3 is 2.37 bits per heavy atom. The van der Waals surface area contributed by atoms with E-state index in [9.17, 15) is 24.3 Å². The summed E-state index contributed by atoms with van der Waals surface area (Å²) in [5, 5.41) is 7.99. The largest absolute Gasteiger partial charge is 0.478 e. The summed E-state index contributed by atoms with van der Waals surface area (Å²) >= 11 is 0.802. The van der Waals surface area contributed by atoms with Crippen LogP contribution in [0.25, 0.3) is 0 Å². The summed E-state index contributed by atoms with van der Waals surface area (Å²) in [5.41, 5.74) is 0.678. The molecular weight excluding hydrogens is 368 g/mol. The molecule has 1 atom stereocenters. The molecule has 3 amide bonds. The summed E-state index contributed by atoms with van der Waals surface area (Å²) in [6.07, 6.45) is -0.205. The molecule has 0 saturated carbocycles. The number of aromatic carboxylic acids is 1. The van der Waals surface area contributed by atoms with Gasteiger partial charge in [0.05, 0.1) is 16.9 Å². The highest BCUT2D eigenvalue weighted by Crippen LogP contribution is 2.34. The number of amides is 3. The smallest absolute Gasteiger partial charge is 0.337 e. The number of rotatable bonds is 5. The maximum Gasteiger partial charge on any atom is 0.337 e. The first-order valence-electron chi connectivity index (χ1n) is 8.08. The number of nitrogens with zero attached hydrogens (tertiary/aromatic N) is 2. The van der Waals surface area contributed by atoms with Crippen LogP contribution < -0.4 is 9.80 Å². The Morgan fingerprint density at radius 2 is 1.70 bits per heavy atom. The van der Waals surface area contributed by atoms with Crippen molar-refractivity contribution in [2.45, 2.75) is 11.7 Å². The van der Waals surface area contributed by atoms with Crippen molar-refractivity contribution in [3.8, 4) is 0 Å². The van der Waals surface area contributed by atoms with Gasteiger partial charge in [0.25, 0.3) is 5.24 Å². The van der Waals surface area contributed by atoms with Crippen molar-refractivity contribution < 1.29 is 24.3 Å². The molecule has 7 nitrogen and oxygen atoms in total. The summed E-state index contributed by atoms with van der Waals surface area (Å²) < 4.78 is 0. The van der Waals surface area contributed by atoms with Crippen LogP contribution in [0.4, 0.5) is 16.2 Å². The first-order valence-corrected chi connectivity index (χ1v) is 8.96. The fourth-order valence-electron chi connectivity index (χ4n) is 2.77. The summed E-state index contributed by atoms with van der Waals surface area (Å²) in [6.45, 7) is 0. The number of anilines is 2. The van der Waals surface area contributed by atoms with E-state index in [0.717, 1.165) is 16.7 Å². The van der Waals surface area contributed by atoms with Gasteiger partial charge < -0.3 is 10.0 Å². The minimum Gasteiger partial charge on any atom is -0.478 e. The number of carbonyl (C=O) groups is 4. The SMILES string of the molecule is CN(C(=O)CC1SC(=O)N(c2ccccc2)C1=O)c1ccccc1C(=O)O. The van der Waals surface area contributed by atoms with E-state index < -0.39 is 28.3 Å². The third kappa shape index (κ3) is 3.70. The lowest BCUT2D eigenvalue weighted by atomic mass is 10.1. The van der Waals surface area contributed by atoms with Crippen molar-refractivity contribution in [1.29, 1.82) is 0 Å². The van der Waals surface area contributed by atoms with Gasteiger partial charge in [-0.2, -0.15) is 0 Å². The number of imide groups is 1. The number of para-hydroxylation sites is 2. The van der Waals surface area contributed by atoms with Crippen molar-refractivity contribution in [2.75, 3.05) is 16.8 Å². The fraction of sp³-hybridized carbons (Fsp3) is 0.158. The molecule has 0 aliphatic carbocycles. The topological polar surface area (TPSA) is 95.0 Å². The maximum atomic E-state index is 12.6. The number of carboxylic acids is 1. The second-order valence-electron chi connectivity index (χ2n) is 5.86. The van der Waals surface area contributed by atoms with Crippen molar-refractivity contribution >= 4 is 46.2 Å². The number of hydrogen-bond donors (Lipinski definition) is 1. The van der Waals surface area contributed by atoms with Gasteiger partial charge in [0.1, 0.15) is 5.25 Å². The molecule has 8 heteroatoms. The molecule has 0 radical (unpaired) electrons. The Bertz CT molecular complexity index is 915. The lowest BCUT2D eigenvalue weighted by Crippen LogP contribution is -2.35. The van der Waals surface area contributed by atoms with E-state index in [-0.39, 0.29) is 17.7 Å². The summed E-state index contributed by atoms with van der Waals surface area (Å²) in [4.78, 5) is 51.0. The molecule has 0 aromatic heterocycles. The summed E-state index contributed by atoms with van der Waals surface area (Å²) in [6, 6.07) is 14.6. The van der Waals surface area contributed by atoms with E-state index in [4.69, 9.17) is 0 Å². The van der Waals surface area contributed by atoms with Crippen LogP contribution in [0.3, 0.4) is 0 Å². The van der Waals surface area contributed by atoms with E-state index in [1.807, 2.05) is 0 Å². The quantitative estimate of drug-likeness (QED) is 0.851. The minimum atomic E-state index is -1.15. The Morgan fingerprint density at radius 1 is 1.07 bits per heavy atom. The van der Waals surface area contributed by atoms with E-state index in [0.29, 0.717) is 5.69 Å². The van der Waals surface area contributed by atoms with Crippen molar-refractivity contribution in [1.82, 2.24) is 0 Å². The van der Waals surface area contributed by atoms with Crippen LogP contribution in [0.15, 0.2) is 54.6 Å². The maximum absolute atomic E-state index is 12.6. The molecule has 1 heterocycles. The third-order valence-electron chi connectivity index (χ3n) is 4.17. The van der Waals surface area contributed by atoms with Gasteiger partial charge >= 0.3 is 5.97 Å². The van der Waals surface area contributed by atoms with E-state index >= 15 is 0 Å². The standard InChI is InChI=1S/C19H16N2O5S/c1-20(14-10-6-5-9-13(14)18(24)25)16(22)11-15-17(23)21(19(26)27-15)12-7-3-2-4-8-12/h2-10,15H,11H2,1H3,(H,24,25). The average molecular weight is 384 g/mol. The van der Waals surface area contributed by atoms with Gasteiger partial charge in [0.2, 0.25) is 11.8 Å². The van der Waals surface area contributed by atoms with Gasteiger partial charge in [-0.1, -0.05) is 30.3 Å². The monoisotopic (exact) mass is 384 g/mol. The molecule has 27 heavy (non-hydrogen) atoms. The Labute approximate surface area is 159 Å². The van der Waals surface area contributed by atoms with Crippen LogP contribution in [0.2, 0.25) is 0 Å². The lowest BCUT2D eigenvalue weighted by Gasteiger charge is -2.20. The molecule has 0 bridgehead atoms. The van der Waals surface area contributed by atoms with Gasteiger partial charge in [0, 0.05) is 13.5 Å². The van der Waals surface area contributed by atoms with Crippen LogP contribution in [-0.4, -0.2) is 40.4 Å². The number of hydrogen-bond acceptors (Lipinski definition) is 5. The predicted octanol–water partition coefficient (Wildman–Crippen LogP) is 3.01. The number of thioether (sulfide) groups is 1. The normalized spacial score (nSPS) is 16.5. The molecule has 1 N–H and O–H groups in total. The molecular formula is C19H16N2O5S. The van der Waals surface area contributed by atoms with Crippen LogP contribution >= 0.6 is 11.8 Å². The van der Waals surface area contributed by atoms with Crippen LogP contribution in [0, 0.1) is 0 Å². The average Bonchev–Trinajstić information content (AvgIpc) is 2.95. The van der Waals surface area contributed by atoms with Gasteiger partial charge in [-0.05, 0) is 36.0 Å². The molecule has 2 aromatic rings. The molecule has 1 unspecified atom stereocenters. The second kappa shape index (κ2) is 7.63. The molecule has 1 aliphatic heterocycles. The Hall–Kier alpha value is -3.13. The van der Waals surface area contributed by atoms with Gasteiger partial charge in [-0.15, -0.1) is 0 Å². The molecule has 1 fully saturated rings. The zero-order chi connectivity index (χ0) is 19.6. The highest BCUT2D eigenvalue weighted by Gasteiger charge is 2.42. The molecule has 1 saturated heterocycles. The van der Waals surface area contributed by atoms with E-state index in [2.05, 4.69) is 0 Å². The summed E-state index contributed by atoms with van der Waals surface area (Å²) in [7, 11) is 1.45. The van der Waals surface area contributed by atoms with E-state index in [1.165, 1.54) is 24.1 Å².